The van der Waals surface area contributed by atoms with Crippen molar-refractivity contribution in [1.29, 1.82) is 0 Å². The zero-order chi connectivity index (χ0) is 70.1. The fraction of sp³-hybridized carbons (Fsp3) is 0.657. The first kappa shape index (κ1) is 78.1. The second-order valence-electron chi connectivity index (χ2n) is 27.7. The normalized spacial score (nSPS) is 20.8. The van der Waals surface area contributed by atoms with Crippen molar-refractivity contribution in [3.63, 3.8) is 0 Å². The Morgan fingerprint density at radius 1 is 0.457 bits per heavy atom. The van der Waals surface area contributed by atoms with Gasteiger partial charge in [0.1, 0.15) is 24.4 Å². The lowest BCUT2D eigenvalue weighted by Crippen LogP contribution is -2.49. The molecule has 24 heteroatoms. The van der Waals surface area contributed by atoms with Crippen molar-refractivity contribution in [3.05, 3.63) is 179 Å². The lowest BCUT2D eigenvalue weighted by molar-refractivity contribution is -0.0755. The molecule has 4 aliphatic rings. The van der Waals surface area contributed by atoms with Gasteiger partial charge in [-0.3, -0.25) is 55.7 Å². The van der Waals surface area contributed by atoms with E-state index in [1.54, 1.807) is 52.5 Å². The van der Waals surface area contributed by atoms with Crippen LogP contribution >= 0.6 is 0 Å². The van der Waals surface area contributed by atoms with E-state index in [9.17, 15) is 38.4 Å². The summed E-state index contributed by atoms with van der Waals surface area (Å²) in [6, 6.07) is -0.198. The molecule has 0 radical (unpaired) electrons. The highest BCUT2D eigenvalue weighted by Crippen LogP contribution is 2.25. The van der Waals surface area contributed by atoms with E-state index in [2.05, 4.69) is 20.8 Å². The maximum absolute atomic E-state index is 12.8. The molecule has 0 spiro atoms. The molecule has 8 atom stereocenters. The molecule has 0 aromatic carbocycles. The van der Waals surface area contributed by atoms with Gasteiger partial charge in [-0.05, 0) is 146 Å². The Morgan fingerprint density at radius 3 is 1.29 bits per heavy atom. The quantitative estimate of drug-likeness (QED) is 0.0470. The monoisotopic (exact) mass is 1320 g/mol. The van der Waals surface area contributed by atoms with Crippen molar-refractivity contribution in [1.82, 2.24) is 36.5 Å². The van der Waals surface area contributed by atoms with Crippen LogP contribution in [-0.4, -0.2) is 112 Å². The third-order valence-electron chi connectivity index (χ3n) is 15.1. The zero-order valence-corrected chi connectivity index (χ0v) is 59.5. The van der Waals surface area contributed by atoms with Gasteiger partial charge in [0.25, 0.3) is 22.2 Å². The van der Waals surface area contributed by atoms with Crippen LogP contribution in [0.5, 0.6) is 0 Å². The summed E-state index contributed by atoms with van der Waals surface area (Å²) in [5.74, 6) is 0.680. The van der Waals surface area contributed by atoms with Crippen molar-refractivity contribution in [2.24, 2.45) is 11.8 Å². The maximum atomic E-state index is 12.8. The number of ether oxygens (including phenoxy) is 8. The van der Waals surface area contributed by atoms with Gasteiger partial charge in [-0.2, -0.15) is 0 Å². The first-order chi connectivity index (χ1) is 44.1. The first-order valence-corrected chi connectivity index (χ1v) is 33.2. The Balaban J connectivity index is 0.000000227. The summed E-state index contributed by atoms with van der Waals surface area (Å²) in [5, 5.41) is 0. The molecule has 0 N–H and O–H groups in total. The lowest BCUT2D eigenvalue weighted by Gasteiger charge is -2.25. The molecular formula is C70H108N8O16. The third-order valence-corrected chi connectivity index (χ3v) is 15.1. The summed E-state index contributed by atoms with van der Waals surface area (Å²) >= 11 is 0. The number of aryl methyl sites for hydroxylation is 4. The van der Waals surface area contributed by atoms with Crippen LogP contribution in [0.2, 0.25) is 0 Å². The fourth-order valence-electron chi connectivity index (χ4n) is 10.2. The van der Waals surface area contributed by atoms with Crippen LogP contribution in [0, 0.1) is 39.5 Å². The molecule has 4 aromatic rings. The number of nitrogens with zero attached hydrogens (tertiary/aromatic N) is 8. The molecule has 0 bridgehead atoms. The largest absolute Gasteiger partial charge is 0.378 e. The van der Waals surface area contributed by atoms with Crippen molar-refractivity contribution in [2.45, 2.75) is 250 Å². The number of unbranched alkanes of at least 4 members (excludes halogenated alkanes) is 2. The van der Waals surface area contributed by atoms with Gasteiger partial charge in [-0.25, -0.2) is 19.2 Å². The van der Waals surface area contributed by atoms with Gasteiger partial charge >= 0.3 is 22.8 Å². The van der Waals surface area contributed by atoms with Gasteiger partial charge in [-0.1, -0.05) is 78.7 Å². The summed E-state index contributed by atoms with van der Waals surface area (Å²) in [6.07, 6.45) is 22.5. The Labute approximate surface area is 552 Å². The van der Waals surface area contributed by atoms with E-state index >= 15 is 0 Å². The molecule has 4 aliphatic heterocycles. The summed E-state index contributed by atoms with van der Waals surface area (Å²) in [6.45, 7) is 42.2. The molecule has 0 saturated heterocycles. The van der Waals surface area contributed by atoms with E-state index in [0.29, 0.717) is 74.3 Å². The van der Waals surface area contributed by atoms with Crippen molar-refractivity contribution < 1.29 is 37.9 Å². The van der Waals surface area contributed by atoms with Crippen LogP contribution in [0.15, 0.2) is 112 Å². The highest BCUT2D eigenvalue weighted by Gasteiger charge is 2.30. The van der Waals surface area contributed by atoms with Crippen LogP contribution in [0.4, 0.5) is 0 Å². The summed E-state index contributed by atoms with van der Waals surface area (Å²) in [7, 11) is 0. The van der Waals surface area contributed by atoms with Gasteiger partial charge in [-0.15, -0.1) is 0 Å². The number of rotatable bonds is 24. The standard InChI is InChI=1S/3C18H28N2O4.C16H24N2O4/c1-12-10-19(16(22)20(15(12)21)17(2,3)4)14-9-8-13(24-14)11-23-18(5,6)7;1-12(2)8-20-17(21)14(5)9-19(18(20)22)16-7-6-15(24-16)11-23-10-13(3)4;1-4-6-10-19-17(21)14(3)12-20(18(19)22)16-9-8-15(24-16)13-23-11-7-5-2;1-10(2)18-15(19)12(5)8-17(16(18)20)14-7-6-13(22-14)9-21-11(3)4/h8-10,13-14H,11H2,1-7H3;6-7,9,12-13,15-16H,8,10-11H2,1-5H3;8-9,12,15-16H,4-7,10-11,13H2,1-3H3;6-8,10-11,13-14H,9H2,1-5H3/t13-,14+;2*15-,16+;13-,14+/m0000/s1. The molecule has 0 unspecified atom stereocenters. The molecule has 8 heterocycles. The summed E-state index contributed by atoms with van der Waals surface area (Å²) < 4.78 is 56.9. The predicted octanol–water partition coefficient (Wildman–Crippen LogP) is 8.61. The Morgan fingerprint density at radius 2 is 0.862 bits per heavy atom. The molecule has 24 nitrogen and oxygen atoms in total. The van der Waals surface area contributed by atoms with Crippen LogP contribution < -0.4 is 45.0 Å². The topological polar surface area (TPSA) is 250 Å². The van der Waals surface area contributed by atoms with Crippen LogP contribution in [0.1, 0.15) is 190 Å². The molecule has 0 fully saturated rings. The van der Waals surface area contributed by atoms with Gasteiger partial charge in [0, 0.05) is 84.9 Å². The fourth-order valence-corrected chi connectivity index (χ4v) is 10.2. The van der Waals surface area contributed by atoms with Crippen LogP contribution in [0.3, 0.4) is 0 Å². The Bertz CT molecular complexity index is 3760. The van der Waals surface area contributed by atoms with Crippen molar-refractivity contribution in [3.8, 4) is 0 Å². The molecule has 94 heavy (non-hydrogen) atoms. The SMILES string of the molecule is CCCCOC[C@@H]1C=C[C@H](n2cc(C)c(=O)n(CCCC)c2=O)O1.Cc1cn([C@H]2C=C[C@@H](COC(C)(C)C)O2)c(=O)n(C(C)(C)C)c1=O.Cc1cn([C@H]2C=C[C@@H](COC(C)C)O2)c(=O)n(C(C)C)c1=O.Cc1cn([C@H]2C=C[C@@H](COCC(C)C)O2)c(=O)n(CC(C)C)c1=O. The van der Waals surface area contributed by atoms with Gasteiger partial charge < -0.3 is 37.9 Å². The molecule has 8 rings (SSSR count). The van der Waals surface area contributed by atoms with Gasteiger partial charge in [0.15, 0.2) is 24.9 Å². The van der Waals surface area contributed by atoms with Crippen molar-refractivity contribution >= 4 is 0 Å². The maximum Gasteiger partial charge on any atom is 0.333 e. The number of hydrogen-bond acceptors (Lipinski definition) is 16. The van der Waals surface area contributed by atoms with E-state index < -0.39 is 30.5 Å². The number of aromatic nitrogens is 8. The summed E-state index contributed by atoms with van der Waals surface area (Å²) in [4.78, 5) is 99.5. The van der Waals surface area contributed by atoms with E-state index in [4.69, 9.17) is 37.9 Å². The van der Waals surface area contributed by atoms with Crippen molar-refractivity contribution in [2.75, 3.05) is 39.6 Å². The average Bonchev–Trinajstić information content (AvgIpc) is 1.21. The van der Waals surface area contributed by atoms with E-state index in [0.717, 1.165) is 32.3 Å². The van der Waals surface area contributed by atoms with Crippen LogP contribution in [-0.2, 0) is 56.5 Å². The smallest absolute Gasteiger partial charge is 0.333 e. The second kappa shape index (κ2) is 35.4. The predicted molar refractivity (Wildman–Crippen MR) is 364 cm³/mol. The summed E-state index contributed by atoms with van der Waals surface area (Å²) in [5.41, 5.74) is -1.08. The third kappa shape index (κ3) is 21.9. The van der Waals surface area contributed by atoms with E-state index in [1.807, 2.05) is 139 Å². The van der Waals surface area contributed by atoms with Gasteiger partial charge in [0.2, 0.25) is 0 Å². The van der Waals surface area contributed by atoms with E-state index in [1.165, 1.54) is 36.5 Å². The molecular weight excluding hydrogens is 1210 g/mol. The molecule has 0 saturated carbocycles. The molecule has 0 aliphatic carbocycles. The zero-order valence-electron chi connectivity index (χ0n) is 59.5. The average molecular weight is 1320 g/mol. The minimum Gasteiger partial charge on any atom is -0.378 e. The second-order valence-corrected chi connectivity index (χ2v) is 27.7. The number of hydrogen-bond donors (Lipinski definition) is 0. The highest BCUT2D eigenvalue weighted by molar-refractivity contribution is 5.12. The Kier molecular flexibility index (Phi) is 29.4. The first-order valence-electron chi connectivity index (χ1n) is 33.2. The minimum atomic E-state index is -0.598. The van der Waals surface area contributed by atoms with E-state index in [-0.39, 0.29) is 93.1 Å². The lowest BCUT2D eigenvalue weighted by atomic mass is 10.1. The highest BCUT2D eigenvalue weighted by atomic mass is 16.6. The molecule has 524 valence electrons. The van der Waals surface area contributed by atoms with Crippen LogP contribution in [0.25, 0.3) is 0 Å². The molecule has 0 amide bonds. The van der Waals surface area contributed by atoms with Gasteiger partial charge in [0.05, 0.1) is 38.1 Å². The Hall–Kier alpha value is -6.64. The molecule has 4 aromatic heterocycles. The minimum absolute atomic E-state index is 0.129.